The molecule has 24 heavy (non-hydrogen) atoms. The smallest absolute Gasteiger partial charge is 0.315 e. The van der Waals surface area contributed by atoms with Gasteiger partial charge < -0.3 is 10.6 Å². The van der Waals surface area contributed by atoms with Gasteiger partial charge in [0, 0.05) is 11.0 Å². The minimum Gasteiger partial charge on any atom is -0.334 e. The number of benzene rings is 2. The Balaban J connectivity index is 1.96. The lowest BCUT2D eigenvalue weighted by atomic mass is 10.1. The molecule has 1 unspecified atom stereocenters. The highest BCUT2D eigenvalue weighted by molar-refractivity contribution is 9.10. The number of carbonyl (C=O) groups is 1. The van der Waals surface area contributed by atoms with E-state index >= 15 is 0 Å². The van der Waals surface area contributed by atoms with Crippen LogP contribution in [-0.2, 0) is 16.6 Å². The summed E-state index contributed by atoms with van der Waals surface area (Å²) in [5.41, 5.74) is 1.61. The molecule has 2 amide bonds. The van der Waals surface area contributed by atoms with Crippen LogP contribution in [0.3, 0.4) is 0 Å². The Bertz CT molecular complexity index is 840. The first-order valence-electron chi connectivity index (χ1n) is 7.17. The van der Waals surface area contributed by atoms with Crippen molar-refractivity contribution in [1.29, 1.82) is 0 Å². The van der Waals surface area contributed by atoms with Crippen LogP contribution in [0.5, 0.6) is 0 Å². The zero-order chi connectivity index (χ0) is 17.7. The van der Waals surface area contributed by atoms with Crippen molar-refractivity contribution < 1.29 is 13.2 Å². The molecule has 0 fully saturated rings. The van der Waals surface area contributed by atoms with Crippen LogP contribution in [-0.4, -0.2) is 14.4 Å². The van der Waals surface area contributed by atoms with Gasteiger partial charge in [0.15, 0.2) is 0 Å². The van der Waals surface area contributed by atoms with E-state index in [1.165, 1.54) is 12.1 Å². The fourth-order valence-corrected chi connectivity index (χ4v) is 3.14. The van der Waals surface area contributed by atoms with Gasteiger partial charge >= 0.3 is 6.03 Å². The minimum absolute atomic E-state index is 0.0168. The lowest BCUT2D eigenvalue weighted by molar-refractivity contribution is 0.237. The molecule has 0 heterocycles. The number of primary sulfonamides is 1. The van der Waals surface area contributed by atoms with E-state index in [0.29, 0.717) is 12.1 Å². The molecule has 0 radical (unpaired) electrons. The summed E-state index contributed by atoms with van der Waals surface area (Å²) in [6, 6.07) is 13.1. The maximum atomic E-state index is 12.0. The van der Waals surface area contributed by atoms with Crippen LogP contribution >= 0.6 is 15.9 Å². The second kappa shape index (κ2) is 7.78. The maximum absolute atomic E-state index is 12.0. The number of hydrogen-bond acceptors (Lipinski definition) is 3. The van der Waals surface area contributed by atoms with Crippen molar-refractivity contribution >= 4 is 32.0 Å². The van der Waals surface area contributed by atoms with Crippen LogP contribution in [0, 0.1) is 0 Å². The summed E-state index contributed by atoms with van der Waals surface area (Å²) in [5, 5.41) is 10.6. The number of rotatable bonds is 5. The van der Waals surface area contributed by atoms with E-state index in [1.807, 2.05) is 24.3 Å². The van der Waals surface area contributed by atoms with Crippen molar-refractivity contribution in [2.24, 2.45) is 5.14 Å². The molecule has 0 saturated heterocycles. The van der Waals surface area contributed by atoms with E-state index in [1.54, 1.807) is 19.1 Å². The minimum atomic E-state index is -3.77. The fourth-order valence-electron chi connectivity index (χ4n) is 2.12. The van der Waals surface area contributed by atoms with Crippen LogP contribution < -0.4 is 15.8 Å². The third kappa shape index (κ3) is 5.33. The van der Waals surface area contributed by atoms with Gasteiger partial charge in [-0.1, -0.05) is 40.2 Å². The van der Waals surface area contributed by atoms with E-state index in [0.717, 1.165) is 10.0 Å². The van der Waals surface area contributed by atoms with Gasteiger partial charge in [-0.3, -0.25) is 0 Å². The van der Waals surface area contributed by atoms with Crippen molar-refractivity contribution in [2.45, 2.75) is 24.4 Å². The molecular weight excluding hydrogens is 394 g/mol. The van der Waals surface area contributed by atoms with Crippen molar-refractivity contribution in [3.63, 3.8) is 0 Å². The van der Waals surface area contributed by atoms with Gasteiger partial charge in [-0.25, -0.2) is 18.4 Å². The molecule has 2 aromatic rings. The number of amides is 2. The van der Waals surface area contributed by atoms with Gasteiger partial charge in [0.25, 0.3) is 0 Å². The van der Waals surface area contributed by atoms with E-state index in [-0.39, 0.29) is 17.0 Å². The Hall–Kier alpha value is -1.90. The van der Waals surface area contributed by atoms with Crippen LogP contribution in [0.4, 0.5) is 4.79 Å². The molecule has 2 rings (SSSR count). The standard InChI is InChI=1S/C16H18BrN3O3S/c1-11(13-5-3-7-15(9-13)24(18,22)23)20-16(21)19-10-12-4-2-6-14(17)8-12/h2-9,11H,10H2,1H3,(H2,18,22,23)(H2,19,20,21). The third-order valence-electron chi connectivity index (χ3n) is 3.38. The SMILES string of the molecule is CC(NC(=O)NCc1cccc(Br)c1)c1cccc(S(N)(=O)=O)c1. The number of halogens is 1. The lowest BCUT2D eigenvalue weighted by Crippen LogP contribution is -2.36. The van der Waals surface area contributed by atoms with Gasteiger partial charge in [0.1, 0.15) is 0 Å². The second-order valence-electron chi connectivity index (χ2n) is 5.30. The molecule has 6 nitrogen and oxygen atoms in total. The Labute approximate surface area is 149 Å². The molecule has 0 bridgehead atoms. The molecule has 2 aromatic carbocycles. The molecule has 0 aliphatic rings. The van der Waals surface area contributed by atoms with Crippen molar-refractivity contribution in [3.05, 3.63) is 64.1 Å². The Morgan fingerprint density at radius 2 is 1.92 bits per heavy atom. The number of sulfonamides is 1. The molecule has 8 heteroatoms. The Morgan fingerprint density at radius 3 is 2.58 bits per heavy atom. The van der Waals surface area contributed by atoms with Crippen molar-refractivity contribution in [3.8, 4) is 0 Å². The van der Waals surface area contributed by atoms with Crippen molar-refractivity contribution in [2.75, 3.05) is 0 Å². The zero-order valence-corrected chi connectivity index (χ0v) is 15.4. The molecule has 0 aromatic heterocycles. The maximum Gasteiger partial charge on any atom is 0.315 e. The summed E-state index contributed by atoms with van der Waals surface area (Å²) in [6.07, 6.45) is 0. The summed E-state index contributed by atoms with van der Waals surface area (Å²) in [7, 11) is -3.77. The molecule has 0 spiro atoms. The number of nitrogens with one attached hydrogen (secondary N) is 2. The number of urea groups is 1. The average molecular weight is 412 g/mol. The molecule has 128 valence electrons. The van der Waals surface area contributed by atoms with Gasteiger partial charge in [0.05, 0.1) is 10.9 Å². The number of hydrogen-bond donors (Lipinski definition) is 3. The van der Waals surface area contributed by atoms with Crippen LogP contribution in [0.15, 0.2) is 57.9 Å². The highest BCUT2D eigenvalue weighted by Crippen LogP contribution is 2.16. The molecule has 4 N–H and O–H groups in total. The van der Waals surface area contributed by atoms with Crippen molar-refractivity contribution in [1.82, 2.24) is 10.6 Å². The predicted octanol–water partition coefficient (Wildman–Crippen LogP) is 2.66. The van der Waals surface area contributed by atoms with E-state index in [2.05, 4.69) is 26.6 Å². The molecule has 0 aliphatic heterocycles. The van der Waals surface area contributed by atoms with Crippen LogP contribution in [0.1, 0.15) is 24.1 Å². The highest BCUT2D eigenvalue weighted by Gasteiger charge is 2.13. The zero-order valence-electron chi connectivity index (χ0n) is 13.0. The quantitative estimate of drug-likeness (QED) is 0.704. The van der Waals surface area contributed by atoms with E-state index in [4.69, 9.17) is 5.14 Å². The summed E-state index contributed by atoms with van der Waals surface area (Å²) < 4.78 is 23.7. The van der Waals surface area contributed by atoms with Gasteiger partial charge in [-0.15, -0.1) is 0 Å². The summed E-state index contributed by atoms with van der Waals surface area (Å²) in [5.74, 6) is 0. The number of nitrogens with two attached hydrogens (primary N) is 1. The Kier molecular flexibility index (Phi) is 5.98. The molecule has 1 atom stereocenters. The highest BCUT2D eigenvalue weighted by atomic mass is 79.9. The van der Waals surface area contributed by atoms with Crippen LogP contribution in [0.25, 0.3) is 0 Å². The molecule has 0 saturated carbocycles. The predicted molar refractivity (Wildman–Crippen MR) is 95.7 cm³/mol. The second-order valence-corrected chi connectivity index (χ2v) is 7.77. The molecule has 0 aliphatic carbocycles. The summed E-state index contributed by atoms with van der Waals surface area (Å²) in [6.45, 7) is 2.15. The van der Waals surface area contributed by atoms with Gasteiger partial charge in [-0.05, 0) is 42.3 Å². The summed E-state index contributed by atoms with van der Waals surface area (Å²) in [4.78, 5) is 12.0. The monoisotopic (exact) mass is 411 g/mol. The fraction of sp³-hybridized carbons (Fsp3) is 0.188. The average Bonchev–Trinajstić information content (AvgIpc) is 2.52. The third-order valence-corrected chi connectivity index (χ3v) is 4.78. The molecular formula is C16H18BrN3O3S. The largest absolute Gasteiger partial charge is 0.334 e. The first-order chi connectivity index (χ1) is 11.3. The first-order valence-corrected chi connectivity index (χ1v) is 9.51. The first kappa shape index (κ1) is 18.4. The lowest BCUT2D eigenvalue weighted by Gasteiger charge is -2.16. The summed E-state index contributed by atoms with van der Waals surface area (Å²) >= 11 is 3.38. The normalized spacial score (nSPS) is 12.5. The topological polar surface area (TPSA) is 101 Å². The van der Waals surface area contributed by atoms with E-state index in [9.17, 15) is 13.2 Å². The van der Waals surface area contributed by atoms with Crippen LogP contribution in [0.2, 0.25) is 0 Å². The van der Waals surface area contributed by atoms with Gasteiger partial charge in [-0.2, -0.15) is 0 Å². The van der Waals surface area contributed by atoms with E-state index < -0.39 is 10.0 Å². The van der Waals surface area contributed by atoms with Gasteiger partial charge in [0.2, 0.25) is 10.0 Å². The Morgan fingerprint density at radius 1 is 1.21 bits per heavy atom. The number of carbonyl (C=O) groups excluding carboxylic acids is 1.